The first-order valence-corrected chi connectivity index (χ1v) is 10.5. The second-order valence-electron chi connectivity index (χ2n) is 6.65. The van der Waals surface area contributed by atoms with Crippen molar-refractivity contribution in [2.75, 3.05) is 11.1 Å². The van der Waals surface area contributed by atoms with Gasteiger partial charge in [0.1, 0.15) is 11.4 Å². The Balaban J connectivity index is 1.28. The topological polar surface area (TPSA) is 67.8 Å². The van der Waals surface area contributed by atoms with Crippen LogP contribution >= 0.6 is 23.4 Å². The zero-order valence-corrected chi connectivity index (χ0v) is 16.8. The largest absolute Gasteiger partial charge is 0.326 e. The van der Waals surface area contributed by atoms with Gasteiger partial charge in [-0.3, -0.25) is 4.79 Å². The number of fused-ring (bicyclic) bond motifs is 3. The fourth-order valence-corrected chi connectivity index (χ4v) is 4.32. The molecule has 3 aromatic carbocycles. The van der Waals surface area contributed by atoms with Gasteiger partial charge >= 0.3 is 0 Å². The summed E-state index contributed by atoms with van der Waals surface area (Å²) in [6.07, 6.45) is 0.351. The molecule has 7 heteroatoms. The number of benzene rings is 3. The van der Waals surface area contributed by atoms with Gasteiger partial charge in [0.2, 0.25) is 11.1 Å². The predicted octanol–water partition coefficient (Wildman–Crippen LogP) is 5.45. The predicted molar refractivity (Wildman–Crippen MR) is 117 cm³/mol. The van der Waals surface area contributed by atoms with Crippen LogP contribution in [-0.4, -0.2) is 26.8 Å². The second kappa shape index (κ2) is 7.46. The van der Waals surface area contributed by atoms with Crippen molar-refractivity contribution < 1.29 is 4.79 Å². The number of carbonyl (C=O) groups is 1. The molecule has 0 spiro atoms. The lowest BCUT2D eigenvalue weighted by Gasteiger charge is -2.05. The highest BCUT2D eigenvalue weighted by Gasteiger charge is 2.24. The molecule has 1 aliphatic carbocycles. The zero-order chi connectivity index (χ0) is 19.8. The lowest BCUT2D eigenvalue weighted by atomic mass is 10.0. The molecular formula is C22H15ClN4OS. The van der Waals surface area contributed by atoms with Crippen LogP contribution in [-0.2, 0) is 4.79 Å². The summed E-state index contributed by atoms with van der Waals surface area (Å²) in [6, 6.07) is 19.4. The van der Waals surface area contributed by atoms with Crippen LogP contribution in [0.1, 0.15) is 6.42 Å². The maximum atomic E-state index is 12.1. The number of halogens is 1. The Kier molecular flexibility index (Phi) is 4.66. The Morgan fingerprint density at radius 2 is 1.66 bits per heavy atom. The van der Waals surface area contributed by atoms with Gasteiger partial charge in [-0.2, -0.15) is 0 Å². The number of hydrogen-bond acceptors (Lipinski definition) is 5. The molecule has 0 saturated heterocycles. The van der Waals surface area contributed by atoms with E-state index >= 15 is 0 Å². The molecule has 5 nitrogen and oxygen atoms in total. The molecule has 142 valence electrons. The van der Waals surface area contributed by atoms with E-state index in [4.69, 9.17) is 16.6 Å². The summed E-state index contributed by atoms with van der Waals surface area (Å²) in [6.45, 7) is 0. The van der Waals surface area contributed by atoms with Crippen LogP contribution in [0.3, 0.4) is 0 Å². The SMILES string of the molecule is O=C(CCSc1nnc2c(n1)-c1cccc3cccc-2c13)Nc1ccc(Cl)cc1. The normalized spacial score (nSPS) is 11.5. The minimum atomic E-state index is -0.0638. The Hall–Kier alpha value is -2.96. The monoisotopic (exact) mass is 418 g/mol. The van der Waals surface area contributed by atoms with Crippen LogP contribution in [0, 0.1) is 0 Å². The third kappa shape index (κ3) is 3.45. The summed E-state index contributed by atoms with van der Waals surface area (Å²) in [5, 5.41) is 15.1. The fraction of sp³-hybridized carbons (Fsp3) is 0.0909. The molecule has 0 fully saturated rings. The molecule has 0 atom stereocenters. The van der Waals surface area contributed by atoms with Crippen molar-refractivity contribution in [3.63, 3.8) is 0 Å². The third-order valence-corrected chi connectivity index (χ3v) is 5.86. The average Bonchev–Trinajstić information content (AvgIpc) is 3.05. The van der Waals surface area contributed by atoms with E-state index in [0.717, 1.165) is 28.2 Å². The number of rotatable bonds is 5. The number of thioether (sulfide) groups is 1. The van der Waals surface area contributed by atoms with Gasteiger partial charge in [-0.25, -0.2) is 4.98 Å². The molecule has 0 saturated carbocycles. The number of nitrogens with zero attached hydrogens (tertiary/aromatic N) is 3. The van der Waals surface area contributed by atoms with Gasteiger partial charge in [0.15, 0.2) is 0 Å². The fourth-order valence-electron chi connectivity index (χ4n) is 3.47. The molecule has 0 unspecified atom stereocenters. The zero-order valence-electron chi connectivity index (χ0n) is 15.2. The molecule has 1 amide bonds. The molecule has 4 aromatic rings. The number of amides is 1. The summed E-state index contributed by atoms with van der Waals surface area (Å²) in [5.41, 5.74) is 4.57. The van der Waals surface area contributed by atoms with Crippen LogP contribution in [0.2, 0.25) is 5.02 Å². The van der Waals surface area contributed by atoms with E-state index in [1.807, 2.05) is 12.1 Å². The van der Waals surface area contributed by atoms with Crippen molar-refractivity contribution in [1.29, 1.82) is 0 Å². The first kappa shape index (κ1) is 18.1. The first-order chi connectivity index (χ1) is 14.2. The molecule has 0 radical (unpaired) electrons. The van der Waals surface area contributed by atoms with Crippen LogP contribution in [0.5, 0.6) is 0 Å². The number of nitrogens with one attached hydrogen (secondary N) is 1. The standard InChI is InChI=1S/C22H15ClN4OS/c23-14-7-9-15(10-8-14)24-18(28)11-12-29-22-25-20-16-5-1-3-13-4-2-6-17(19(13)16)21(20)26-27-22/h1-10H,11-12H2,(H,24,28). The van der Waals surface area contributed by atoms with Crippen molar-refractivity contribution in [2.24, 2.45) is 0 Å². The van der Waals surface area contributed by atoms with Crippen LogP contribution in [0.4, 0.5) is 5.69 Å². The van der Waals surface area contributed by atoms with E-state index in [-0.39, 0.29) is 5.91 Å². The minimum Gasteiger partial charge on any atom is -0.326 e. The molecule has 1 aliphatic rings. The van der Waals surface area contributed by atoms with Gasteiger partial charge in [-0.1, -0.05) is 59.8 Å². The summed E-state index contributed by atoms with van der Waals surface area (Å²) in [7, 11) is 0. The van der Waals surface area contributed by atoms with E-state index in [1.165, 1.54) is 22.5 Å². The van der Waals surface area contributed by atoms with Crippen molar-refractivity contribution in [1.82, 2.24) is 15.2 Å². The molecule has 1 N–H and O–H groups in total. The van der Waals surface area contributed by atoms with Crippen LogP contribution in [0.15, 0.2) is 65.8 Å². The molecule has 0 aliphatic heterocycles. The maximum absolute atomic E-state index is 12.1. The molecular weight excluding hydrogens is 404 g/mol. The number of carbonyl (C=O) groups excluding carboxylic acids is 1. The highest BCUT2D eigenvalue weighted by molar-refractivity contribution is 7.99. The van der Waals surface area contributed by atoms with Crippen molar-refractivity contribution in [2.45, 2.75) is 11.6 Å². The van der Waals surface area contributed by atoms with Gasteiger partial charge in [0.05, 0.1) is 0 Å². The Bertz CT molecular complexity index is 1240. The Labute approximate surface area is 176 Å². The maximum Gasteiger partial charge on any atom is 0.225 e. The van der Waals surface area contributed by atoms with Gasteiger partial charge in [-0.15, -0.1) is 10.2 Å². The van der Waals surface area contributed by atoms with Crippen molar-refractivity contribution in [3.8, 4) is 22.5 Å². The summed E-state index contributed by atoms with van der Waals surface area (Å²) >= 11 is 7.29. The van der Waals surface area contributed by atoms with E-state index in [2.05, 4.69) is 39.8 Å². The highest BCUT2D eigenvalue weighted by Crippen LogP contribution is 2.44. The molecule has 0 bridgehead atoms. The lowest BCUT2D eigenvalue weighted by Crippen LogP contribution is -2.12. The van der Waals surface area contributed by atoms with Gasteiger partial charge in [-0.05, 0) is 29.7 Å². The molecule has 29 heavy (non-hydrogen) atoms. The minimum absolute atomic E-state index is 0.0638. The van der Waals surface area contributed by atoms with Crippen LogP contribution in [0.25, 0.3) is 33.3 Å². The Morgan fingerprint density at radius 1 is 0.931 bits per heavy atom. The van der Waals surface area contributed by atoms with Gasteiger partial charge < -0.3 is 5.32 Å². The molecule has 1 heterocycles. The number of aromatic nitrogens is 3. The Morgan fingerprint density at radius 3 is 2.41 bits per heavy atom. The average molecular weight is 419 g/mol. The smallest absolute Gasteiger partial charge is 0.225 e. The van der Waals surface area contributed by atoms with Gasteiger partial charge in [0, 0.05) is 39.4 Å². The van der Waals surface area contributed by atoms with Crippen molar-refractivity contribution in [3.05, 3.63) is 65.7 Å². The number of hydrogen-bond donors (Lipinski definition) is 1. The molecule has 1 aromatic heterocycles. The molecule has 5 rings (SSSR count). The van der Waals surface area contributed by atoms with E-state index in [0.29, 0.717) is 22.4 Å². The van der Waals surface area contributed by atoms with Crippen molar-refractivity contribution >= 4 is 45.7 Å². The van der Waals surface area contributed by atoms with Gasteiger partial charge in [0.25, 0.3) is 0 Å². The lowest BCUT2D eigenvalue weighted by molar-refractivity contribution is -0.115. The van der Waals surface area contributed by atoms with E-state index in [9.17, 15) is 4.79 Å². The quantitative estimate of drug-likeness (QED) is 0.384. The summed E-state index contributed by atoms with van der Waals surface area (Å²) in [4.78, 5) is 16.9. The second-order valence-corrected chi connectivity index (χ2v) is 8.15. The van der Waals surface area contributed by atoms with E-state index < -0.39 is 0 Å². The summed E-state index contributed by atoms with van der Waals surface area (Å²) in [5.74, 6) is 0.503. The first-order valence-electron chi connectivity index (χ1n) is 9.14. The van der Waals surface area contributed by atoms with E-state index in [1.54, 1.807) is 24.3 Å². The highest BCUT2D eigenvalue weighted by atomic mass is 35.5. The number of anilines is 1. The van der Waals surface area contributed by atoms with Crippen LogP contribution < -0.4 is 5.32 Å². The third-order valence-electron chi connectivity index (χ3n) is 4.77. The summed E-state index contributed by atoms with van der Waals surface area (Å²) < 4.78 is 0.